The highest BCUT2D eigenvalue weighted by Gasteiger charge is 2.43. The maximum Gasteiger partial charge on any atom is 0.249 e. The summed E-state index contributed by atoms with van der Waals surface area (Å²) in [5, 5.41) is 29.7. The van der Waals surface area contributed by atoms with Gasteiger partial charge < -0.3 is 25.0 Å². The first kappa shape index (κ1) is 15.3. The van der Waals surface area contributed by atoms with Gasteiger partial charge in [0.1, 0.15) is 24.0 Å². The van der Waals surface area contributed by atoms with Crippen molar-refractivity contribution < 1.29 is 20.1 Å². The van der Waals surface area contributed by atoms with Crippen LogP contribution in [-0.4, -0.2) is 54.8 Å². The van der Waals surface area contributed by atoms with Crippen molar-refractivity contribution in [3.8, 4) is 0 Å². The number of aromatic nitrogens is 3. The second-order valence-corrected chi connectivity index (χ2v) is 5.60. The lowest BCUT2D eigenvalue weighted by Gasteiger charge is -2.19. The predicted octanol–water partition coefficient (Wildman–Crippen LogP) is -0.626. The molecule has 0 bridgehead atoms. The van der Waals surface area contributed by atoms with Crippen LogP contribution in [0.5, 0.6) is 0 Å². The minimum atomic E-state index is -1.24. The SMILES string of the molecule is Cc1cc(=O)[nH]c2nc(=S)n([C@@H]3O[C@H](CO)C(O)[C@@H]3O)cc12. The van der Waals surface area contributed by atoms with Crippen molar-refractivity contribution in [1.82, 2.24) is 14.5 Å². The van der Waals surface area contributed by atoms with E-state index in [1.54, 1.807) is 13.1 Å². The molecule has 118 valence electrons. The lowest BCUT2D eigenvalue weighted by molar-refractivity contribution is -0.0538. The van der Waals surface area contributed by atoms with Gasteiger partial charge >= 0.3 is 0 Å². The third-order valence-corrected chi connectivity index (χ3v) is 4.06. The second-order valence-electron chi connectivity index (χ2n) is 5.24. The van der Waals surface area contributed by atoms with Crippen molar-refractivity contribution >= 4 is 23.3 Å². The maximum atomic E-state index is 11.5. The van der Waals surface area contributed by atoms with Crippen LogP contribution in [0.1, 0.15) is 11.8 Å². The van der Waals surface area contributed by atoms with Crippen LogP contribution in [0, 0.1) is 11.7 Å². The second kappa shape index (κ2) is 5.52. The summed E-state index contributed by atoms with van der Waals surface area (Å²) in [6, 6.07) is 1.43. The summed E-state index contributed by atoms with van der Waals surface area (Å²) in [4.78, 5) is 18.2. The van der Waals surface area contributed by atoms with Gasteiger partial charge in [-0.1, -0.05) is 0 Å². The number of aryl methyl sites for hydroxylation is 1. The Morgan fingerprint density at radius 1 is 1.45 bits per heavy atom. The summed E-state index contributed by atoms with van der Waals surface area (Å²) in [7, 11) is 0. The number of pyridine rings is 1. The molecule has 0 radical (unpaired) electrons. The highest BCUT2D eigenvalue weighted by molar-refractivity contribution is 7.71. The monoisotopic (exact) mass is 325 g/mol. The van der Waals surface area contributed by atoms with Gasteiger partial charge in [0.15, 0.2) is 6.23 Å². The van der Waals surface area contributed by atoms with Crippen LogP contribution in [0.2, 0.25) is 0 Å². The average molecular weight is 325 g/mol. The summed E-state index contributed by atoms with van der Waals surface area (Å²) in [5.74, 6) is 0. The number of aliphatic hydroxyl groups is 3. The molecule has 2 aromatic rings. The number of nitrogens with zero attached hydrogens (tertiary/aromatic N) is 2. The van der Waals surface area contributed by atoms with Crippen molar-refractivity contribution in [2.24, 2.45) is 0 Å². The Morgan fingerprint density at radius 3 is 2.82 bits per heavy atom. The van der Waals surface area contributed by atoms with E-state index in [1.807, 2.05) is 0 Å². The molecule has 0 amide bonds. The van der Waals surface area contributed by atoms with Crippen LogP contribution >= 0.6 is 12.2 Å². The van der Waals surface area contributed by atoms with Crippen molar-refractivity contribution in [2.75, 3.05) is 6.61 Å². The number of aromatic amines is 1. The molecule has 0 aliphatic carbocycles. The molecule has 22 heavy (non-hydrogen) atoms. The standard InChI is InChI=1S/C13H15N3O5S/c1-5-2-8(18)14-11-6(5)3-16(13(22)15-11)12-10(20)9(19)7(4-17)21-12/h2-3,7,9-10,12,17,19-20H,4H2,1H3,(H,14,15,18,22)/t7-,9?,10+,12-/m1/s1. The third kappa shape index (κ3) is 2.36. The van der Waals surface area contributed by atoms with Crippen LogP contribution in [0.3, 0.4) is 0 Å². The van der Waals surface area contributed by atoms with Crippen LogP contribution in [-0.2, 0) is 4.74 Å². The third-order valence-electron chi connectivity index (χ3n) is 3.76. The largest absolute Gasteiger partial charge is 0.394 e. The van der Waals surface area contributed by atoms with Crippen LogP contribution in [0.15, 0.2) is 17.1 Å². The number of nitrogens with one attached hydrogen (secondary N) is 1. The van der Waals surface area contributed by atoms with Gasteiger partial charge in [0.25, 0.3) is 0 Å². The van der Waals surface area contributed by atoms with E-state index in [-0.39, 0.29) is 10.3 Å². The van der Waals surface area contributed by atoms with Crippen LogP contribution < -0.4 is 5.56 Å². The van der Waals surface area contributed by atoms with E-state index in [9.17, 15) is 15.0 Å². The Morgan fingerprint density at radius 2 is 2.18 bits per heavy atom. The van der Waals surface area contributed by atoms with Gasteiger partial charge in [-0.2, -0.15) is 0 Å². The fraction of sp³-hybridized carbons (Fsp3) is 0.462. The van der Waals surface area contributed by atoms with Crippen molar-refractivity contribution in [3.63, 3.8) is 0 Å². The minimum Gasteiger partial charge on any atom is -0.394 e. The van der Waals surface area contributed by atoms with Crippen molar-refractivity contribution in [2.45, 2.75) is 31.5 Å². The molecule has 8 nitrogen and oxygen atoms in total. The molecule has 1 unspecified atom stereocenters. The fourth-order valence-electron chi connectivity index (χ4n) is 2.57. The van der Waals surface area contributed by atoms with Gasteiger partial charge in [0, 0.05) is 17.6 Å². The van der Waals surface area contributed by atoms with E-state index in [0.717, 1.165) is 0 Å². The van der Waals surface area contributed by atoms with E-state index in [2.05, 4.69) is 9.97 Å². The molecule has 2 aromatic heterocycles. The fourth-order valence-corrected chi connectivity index (χ4v) is 2.82. The summed E-state index contributed by atoms with van der Waals surface area (Å²) < 4.78 is 6.94. The smallest absolute Gasteiger partial charge is 0.249 e. The summed E-state index contributed by atoms with van der Waals surface area (Å²) in [5.41, 5.74) is 0.761. The van der Waals surface area contributed by atoms with Gasteiger partial charge in [-0.25, -0.2) is 4.98 Å². The number of rotatable bonds is 2. The zero-order valence-corrected chi connectivity index (χ0v) is 12.4. The molecule has 1 saturated heterocycles. The van der Waals surface area contributed by atoms with Gasteiger partial charge in [-0.05, 0) is 24.7 Å². The molecule has 9 heteroatoms. The molecule has 4 atom stereocenters. The highest BCUT2D eigenvalue weighted by atomic mass is 32.1. The molecule has 3 heterocycles. The van der Waals surface area contributed by atoms with Gasteiger partial charge in [0.2, 0.25) is 10.3 Å². The Hall–Kier alpha value is -1.65. The molecular weight excluding hydrogens is 310 g/mol. The lowest BCUT2D eigenvalue weighted by Crippen LogP contribution is -2.33. The van der Waals surface area contributed by atoms with Crippen LogP contribution in [0.25, 0.3) is 11.0 Å². The number of H-pyrrole nitrogens is 1. The molecule has 0 saturated carbocycles. The van der Waals surface area contributed by atoms with Crippen molar-refractivity contribution in [3.05, 3.63) is 33.0 Å². The molecular formula is C13H15N3O5S. The number of ether oxygens (including phenoxy) is 1. The van der Waals surface area contributed by atoms with Crippen molar-refractivity contribution in [1.29, 1.82) is 0 Å². The number of aliphatic hydroxyl groups excluding tert-OH is 3. The van der Waals surface area contributed by atoms with E-state index < -0.39 is 31.1 Å². The number of hydrogen-bond acceptors (Lipinski definition) is 7. The Kier molecular flexibility index (Phi) is 3.83. The first-order chi connectivity index (χ1) is 10.4. The molecule has 3 rings (SSSR count). The first-order valence-corrected chi connectivity index (χ1v) is 7.08. The molecule has 1 aliphatic rings. The van der Waals surface area contributed by atoms with E-state index >= 15 is 0 Å². The average Bonchev–Trinajstić information content (AvgIpc) is 2.74. The normalized spacial score (nSPS) is 28.4. The van der Waals surface area contributed by atoms with Gasteiger partial charge in [-0.15, -0.1) is 0 Å². The zero-order valence-electron chi connectivity index (χ0n) is 11.6. The topological polar surface area (TPSA) is 121 Å². The Balaban J connectivity index is 2.14. The van der Waals surface area contributed by atoms with Crippen LogP contribution in [0.4, 0.5) is 0 Å². The summed E-state index contributed by atoms with van der Waals surface area (Å²) >= 11 is 5.16. The van der Waals surface area contributed by atoms with Gasteiger partial charge in [0.05, 0.1) is 6.61 Å². The molecule has 0 aromatic carbocycles. The zero-order chi connectivity index (χ0) is 16.0. The molecule has 4 N–H and O–H groups in total. The Bertz CT molecular complexity index is 833. The van der Waals surface area contributed by atoms with E-state index in [1.165, 1.54) is 10.6 Å². The highest BCUT2D eigenvalue weighted by Crippen LogP contribution is 2.30. The quantitative estimate of drug-likeness (QED) is 0.543. The lowest BCUT2D eigenvalue weighted by atomic mass is 10.1. The molecule has 1 fully saturated rings. The molecule has 0 spiro atoms. The maximum absolute atomic E-state index is 11.5. The first-order valence-electron chi connectivity index (χ1n) is 6.67. The predicted molar refractivity (Wildman–Crippen MR) is 78.9 cm³/mol. The summed E-state index contributed by atoms with van der Waals surface area (Å²) in [6.45, 7) is 1.33. The minimum absolute atomic E-state index is 0.0867. The Labute approximate surface area is 129 Å². The molecule has 1 aliphatic heterocycles. The summed E-state index contributed by atoms with van der Waals surface area (Å²) in [6.07, 6.45) is -2.70. The van der Waals surface area contributed by atoms with E-state index in [4.69, 9.17) is 22.1 Å². The van der Waals surface area contributed by atoms with E-state index in [0.29, 0.717) is 16.6 Å². The number of hydrogen-bond donors (Lipinski definition) is 4. The van der Waals surface area contributed by atoms with Gasteiger partial charge in [-0.3, -0.25) is 9.36 Å². The number of fused-ring (bicyclic) bond motifs is 1.